The van der Waals surface area contributed by atoms with E-state index in [-0.39, 0.29) is 49.4 Å². The molecule has 0 rings (SSSR count). The van der Waals surface area contributed by atoms with Crippen molar-refractivity contribution in [3.05, 3.63) is 0 Å². The fraction of sp³-hybridized carbons (Fsp3) is 0.875. The second-order valence-corrected chi connectivity index (χ2v) is 16.8. The summed E-state index contributed by atoms with van der Waals surface area (Å²) < 4.78 is 10.8. The van der Waals surface area contributed by atoms with Crippen molar-refractivity contribution in [3.63, 3.8) is 0 Å². The lowest BCUT2D eigenvalue weighted by molar-refractivity contribution is -0.149. The number of hydrogen-bond donors (Lipinski definition) is 2. The van der Waals surface area contributed by atoms with E-state index in [1.54, 1.807) is 0 Å². The van der Waals surface area contributed by atoms with Crippen LogP contribution < -0.4 is 10.6 Å². The lowest BCUT2D eigenvalue weighted by atomic mass is 10.0. The molecule has 0 aromatic carbocycles. The van der Waals surface area contributed by atoms with Crippen molar-refractivity contribution < 1.29 is 38.2 Å². The third kappa shape index (κ3) is 37.5. The van der Waals surface area contributed by atoms with Crippen LogP contribution in [0.15, 0.2) is 0 Å². The largest absolute Gasteiger partial charge is 0.464 e. The highest BCUT2D eigenvalue weighted by Gasteiger charge is 2.25. The summed E-state index contributed by atoms with van der Waals surface area (Å²) in [5, 5.41) is 5.41. The van der Waals surface area contributed by atoms with Crippen LogP contribution in [0, 0.1) is 0 Å². The summed E-state index contributed by atoms with van der Waals surface area (Å²) in [6, 6.07) is -1.96. The molecule has 0 saturated carbocycles. The van der Waals surface area contributed by atoms with E-state index in [0.29, 0.717) is 25.7 Å². The second kappa shape index (κ2) is 41.0. The Balaban J connectivity index is 4.12. The number of amides is 2. The molecular formula is C48H88N2O8. The molecule has 10 heteroatoms. The molecule has 58 heavy (non-hydrogen) atoms. The van der Waals surface area contributed by atoms with Gasteiger partial charge in [-0.2, -0.15) is 0 Å². The van der Waals surface area contributed by atoms with Crippen LogP contribution in [0.25, 0.3) is 0 Å². The molecule has 0 radical (unpaired) electrons. The van der Waals surface area contributed by atoms with E-state index in [0.717, 1.165) is 51.4 Å². The minimum atomic E-state index is -0.982. The Morgan fingerprint density at radius 3 is 0.862 bits per heavy atom. The summed E-state index contributed by atoms with van der Waals surface area (Å²) in [6.07, 6.45) is 34.9. The highest BCUT2D eigenvalue weighted by molar-refractivity contribution is 5.90. The summed E-state index contributed by atoms with van der Waals surface area (Å²) in [4.78, 5) is 74.1. The van der Waals surface area contributed by atoms with Gasteiger partial charge in [-0.15, -0.1) is 0 Å². The van der Waals surface area contributed by atoms with Crippen LogP contribution in [0.3, 0.4) is 0 Å². The molecule has 0 fully saturated rings. The van der Waals surface area contributed by atoms with Crippen molar-refractivity contribution >= 4 is 35.3 Å². The van der Waals surface area contributed by atoms with Gasteiger partial charge in [0.25, 0.3) is 0 Å². The Bertz CT molecular complexity index is 982. The van der Waals surface area contributed by atoms with E-state index in [1.807, 2.05) is 0 Å². The van der Waals surface area contributed by atoms with Crippen molar-refractivity contribution in [1.29, 1.82) is 0 Å². The summed E-state index contributed by atoms with van der Waals surface area (Å²) in [5.74, 6) is -2.07. The number of carbonyl (C=O) groups excluding carboxylic acids is 6. The molecule has 0 aromatic heterocycles. The average Bonchev–Trinajstić information content (AvgIpc) is 3.18. The number of esters is 2. The Kier molecular flexibility index (Phi) is 39.0. The van der Waals surface area contributed by atoms with Crippen molar-refractivity contribution in [2.24, 2.45) is 0 Å². The topological polar surface area (TPSA) is 145 Å². The van der Waals surface area contributed by atoms with Gasteiger partial charge in [-0.05, 0) is 52.4 Å². The molecule has 0 saturated heterocycles. The molecule has 0 heterocycles. The molecular weight excluding hydrogens is 733 g/mol. The molecule has 2 unspecified atom stereocenters. The Hall–Kier alpha value is -2.78. The number of Topliss-reactive ketones (excluding diaryl/α,β-unsaturated/α-hetero) is 2. The zero-order valence-corrected chi connectivity index (χ0v) is 37.9. The van der Waals surface area contributed by atoms with Crippen molar-refractivity contribution in [2.75, 3.05) is 13.2 Å². The zero-order valence-electron chi connectivity index (χ0n) is 37.9. The van der Waals surface area contributed by atoms with Crippen LogP contribution in [0.1, 0.15) is 246 Å². The number of carbonyl (C=O) groups is 6. The first-order valence-corrected chi connectivity index (χ1v) is 24.0. The van der Waals surface area contributed by atoms with Crippen molar-refractivity contribution in [2.45, 2.75) is 258 Å². The van der Waals surface area contributed by atoms with E-state index in [4.69, 9.17) is 9.47 Å². The maximum atomic E-state index is 12.7. The normalized spacial score (nSPS) is 12.1. The smallest absolute Gasteiger partial charge is 0.329 e. The molecule has 2 amide bonds. The molecule has 338 valence electrons. The van der Waals surface area contributed by atoms with Gasteiger partial charge in [-0.1, -0.05) is 168 Å². The monoisotopic (exact) mass is 821 g/mol. The third-order valence-corrected chi connectivity index (χ3v) is 10.8. The third-order valence-electron chi connectivity index (χ3n) is 10.8. The molecule has 0 bridgehead atoms. The van der Waals surface area contributed by atoms with Crippen LogP contribution in [0.2, 0.25) is 0 Å². The predicted octanol–water partition coefficient (Wildman–Crippen LogP) is 11.5. The van der Waals surface area contributed by atoms with E-state index in [2.05, 4.69) is 24.5 Å². The van der Waals surface area contributed by atoms with Gasteiger partial charge in [0.15, 0.2) is 0 Å². The van der Waals surface area contributed by atoms with Crippen LogP contribution >= 0.6 is 0 Å². The van der Waals surface area contributed by atoms with Crippen LogP contribution in [0.4, 0.5) is 0 Å². The summed E-state index contributed by atoms with van der Waals surface area (Å²) in [6.45, 7) is 7.59. The molecule has 2 atom stereocenters. The van der Waals surface area contributed by atoms with Gasteiger partial charge in [0.1, 0.15) is 23.7 Å². The summed E-state index contributed by atoms with van der Waals surface area (Å²) >= 11 is 0. The maximum Gasteiger partial charge on any atom is 0.329 e. The Morgan fingerprint density at radius 2 is 0.603 bits per heavy atom. The SMILES string of the molecule is CCCCCCCCCCCCCCCC(=O)NC(CC(C)=O)C(=O)OCCCCCCOC(=O)C(CC(C)=O)NC(=O)CCCCCCCCCCCCCCC. The number of ether oxygens (including phenoxy) is 2. The fourth-order valence-electron chi connectivity index (χ4n) is 7.21. The summed E-state index contributed by atoms with van der Waals surface area (Å²) in [7, 11) is 0. The zero-order chi connectivity index (χ0) is 42.9. The number of nitrogens with one attached hydrogen (secondary N) is 2. The van der Waals surface area contributed by atoms with Gasteiger partial charge in [0.05, 0.1) is 13.2 Å². The number of ketones is 2. The number of hydrogen-bond acceptors (Lipinski definition) is 8. The van der Waals surface area contributed by atoms with Gasteiger partial charge in [-0.3, -0.25) is 19.2 Å². The minimum Gasteiger partial charge on any atom is -0.464 e. The van der Waals surface area contributed by atoms with Gasteiger partial charge < -0.3 is 20.1 Å². The van der Waals surface area contributed by atoms with E-state index >= 15 is 0 Å². The number of rotatable bonds is 43. The van der Waals surface area contributed by atoms with Crippen LogP contribution in [-0.2, 0) is 38.2 Å². The van der Waals surface area contributed by atoms with Crippen LogP contribution in [-0.4, -0.2) is 60.6 Å². The van der Waals surface area contributed by atoms with Gasteiger partial charge >= 0.3 is 11.9 Å². The fourth-order valence-corrected chi connectivity index (χ4v) is 7.21. The maximum absolute atomic E-state index is 12.7. The standard InChI is InChI=1S/C48H88N2O8/c1-5-7-9-11-13-15-17-19-21-23-25-27-31-35-45(53)49-43(39-41(3)51)47(55)57-37-33-29-30-34-38-58-48(56)44(40-42(4)52)50-46(54)36-32-28-26-24-22-20-18-16-14-12-10-8-6-2/h43-44H,5-40H2,1-4H3,(H,49,53)(H,50,54). The lowest BCUT2D eigenvalue weighted by Crippen LogP contribution is -2.43. The Morgan fingerprint density at radius 1 is 0.362 bits per heavy atom. The first-order valence-electron chi connectivity index (χ1n) is 24.0. The van der Waals surface area contributed by atoms with E-state index < -0.39 is 24.0 Å². The molecule has 0 aliphatic heterocycles. The predicted molar refractivity (Wildman–Crippen MR) is 235 cm³/mol. The highest BCUT2D eigenvalue weighted by Crippen LogP contribution is 2.15. The highest BCUT2D eigenvalue weighted by atomic mass is 16.5. The van der Waals surface area contributed by atoms with E-state index in [9.17, 15) is 28.8 Å². The molecule has 2 N–H and O–H groups in total. The Labute approximate surface area is 354 Å². The quantitative estimate of drug-likeness (QED) is 0.0457. The van der Waals surface area contributed by atoms with Crippen molar-refractivity contribution in [3.8, 4) is 0 Å². The molecule has 0 aliphatic rings. The van der Waals surface area contributed by atoms with E-state index in [1.165, 1.54) is 142 Å². The van der Waals surface area contributed by atoms with Gasteiger partial charge in [-0.25, -0.2) is 9.59 Å². The summed E-state index contributed by atoms with van der Waals surface area (Å²) in [5.41, 5.74) is 0. The average molecular weight is 821 g/mol. The van der Waals surface area contributed by atoms with Gasteiger partial charge in [0.2, 0.25) is 11.8 Å². The van der Waals surface area contributed by atoms with Crippen LogP contribution in [0.5, 0.6) is 0 Å². The first kappa shape index (κ1) is 55.2. The minimum absolute atomic E-state index is 0.0982. The molecule has 0 spiro atoms. The molecule has 0 aromatic rings. The molecule has 0 aliphatic carbocycles. The van der Waals surface area contributed by atoms with Crippen molar-refractivity contribution in [1.82, 2.24) is 10.6 Å². The number of unbranched alkanes of at least 4 members (excludes halogenated alkanes) is 27. The second-order valence-electron chi connectivity index (χ2n) is 16.8. The molecule has 10 nitrogen and oxygen atoms in total. The van der Waals surface area contributed by atoms with Gasteiger partial charge in [0, 0.05) is 25.7 Å². The lowest BCUT2D eigenvalue weighted by Gasteiger charge is -2.17. The first-order chi connectivity index (χ1) is 28.1.